The molecule has 0 fully saturated rings. The minimum absolute atomic E-state index is 0.114. The first-order valence-electron chi connectivity index (χ1n) is 11.1. The maximum atomic E-state index is 11.9. The fourth-order valence-electron chi connectivity index (χ4n) is 2.81. The normalized spacial score (nSPS) is 12.6. The van der Waals surface area contributed by atoms with E-state index in [0.29, 0.717) is 13.0 Å². The van der Waals surface area contributed by atoms with E-state index in [1.165, 1.54) is 27.9 Å². The molecule has 0 amide bonds. The predicted octanol–water partition coefficient (Wildman–Crippen LogP) is 8.42. The van der Waals surface area contributed by atoms with E-state index in [0.717, 1.165) is 44.9 Å². The molecule has 0 saturated carbocycles. The Morgan fingerprint density at radius 3 is 1.38 bits per heavy atom. The van der Waals surface area contributed by atoms with Crippen molar-refractivity contribution >= 4 is 5.97 Å². The van der Waals surface area contributed by atoms with Crippen LogP contribution in [0.2, 0.25) is 0 Å². The van der Waals surface area contributed by atoms with Crippen LogP contribution in [0.5, 0.6) is 0 Å². The third kappa shape index (κ3) is 19.3. The highest BCUT2D eigenvalue weighted by molar-refractivity contribution is 5.69. The molecule has 0 aliphatic rings. The molecule has 164 valence electrons. The lowest BCUT2D eigenvalue weighted by molar-refractivity contribution is -0.142. The van der Waals surface area contributed by atoms with E-state index in [-0.39, 0.29) is 5.97 Å². The number of hydrogen-bond donors (Lipinski definition) is 0. The van der Waals surface area contributed by atoms with Gasteiger partial charge < -0.3 is 4.74 Å². The van der Waals surface area contributed by atoms with Crippen molar-refractivity contribution < 1.29 is 9.53 Å². The van der Waals surface area contributed by atoms with Crippen LogP contribution in [0.15, 0.2) is 58.2 Å². The van der Waals surface area contributed by atoms with Crippen molar-refractivity contribution in [1.29, 1.82) is 0 Å². The van der Waals surface area contributed by atoms with Crippen LogP contribution >= 0.6 is 0 Å². The van der Waals surface area contributed by atoms with Crippen molar-refractivity contribution in [3.8, 4) is 0 Å². The summed E-state index contributed by atoms with van der Waals surface area (Å²) in [6.45, 7) is 15.4. The molecule has 0 rings (SSSR count). The Kier molecular flexibility index (Phi) is 16.0. The number of rotatable bonds is 14. The molecule has 0 N–H and O–H groups in total. The van der Waals surface area contributed by atoms with Gasteiger partial charge in [-0.25, -0.2) is 0 Å². The molecule has 0 heterocycles. The summed E-state index contributed by atoms with van der Waals surface area (Å²) >= 11 is 0. The molecule has 0 atom stereocenters. The van der Waals surface area contributed by atoms with E-state index in [1.807, 2.05) is 6.08 Å². The first-order chi connectivity index (χ1) is 13.7. The summed E-state index contributed by atoms with van der Waals surface area (Å²) < 4.78 is 5.31. The molecule has 0 unspecified atom stereocenters. The second kappa shape index (κ2) is 17.1. The molecule has 0 aromatic rings. The quantitative estimate of drug-likeness (QED) is 0.216. The molecule has 0 radical (unpaired) electrons. The number of carbonyl (C=O) groups is 1. The van der Waals surface area contributed by atoms with Crippen molar-refractivity contribution in [3.05, 3.63) is 58.2 Å². The van der Waals surface area contributed by atoms with Gasteiger partial charge in [-0.1, -0.05) is 52.2 Å². The molecule has 29 heavy (non-hydrogen) atoms. The Morgan fingerprint density at radius 1 is 0.552 bits per heavy atom. The molecule has 0 aromatic carbocycles. The van der Waals surface area contributed by atoms with E-state index in [1.54, 1.807) is 0 Å². The highest BCUT2D eigenvalue weighted by atomic mass is 16.5. The van der Waals surface area contributed by atoms with E-state index < -0.39 is 0 Å². The van der Waals surface area contributed by atoms with Crippen molar-refractivity contribution in [3.63, 3.8) is 0 Å². The maximum absolute atomic E-state index is 11.9. The molecule has 0 aromatic heterocycles. The Hall–Kier alpha value is -1.83. The molecule has 0 spiro atoms. The smallest absolute Gasteiger partial charge is 0.306 e. The lowest BCUT2D eigenvalue weighted by Gasteiger charge is -2.04. The Balaban J connectivity index is 3.99. The van der Waals surface area contributed by atoms with Crippen LogP contribution in [0.25, 0.3) is 0 Å². The van der Waals surface area contributed by atoms with Crippen LogP contribution in [-0.4, -0.2) is 12.6 Å². The van der Waals surface area contributed by atoms with Gasteiger partial charge in [0, 0.05) is 6.42 Å². The van der Waals surface area contributed by atoms with E-state index >= 15 is 0 Å². The summed E-state index contributed by atoms with van der Waals surface area (Å²) in [6, 6.07) is 0. The van der Waals surface area contributed by atoms with Gasteiger partial charge >= 0.3 is 5.97 Å². The predicted molar refractivity (Wildman–Crippen MR) is 128 cm³/mol. The topological polar surface area (TPSA) is 26.3 Å². The zero-order valence-corrected chi connectivity index (χ0v) is 20.1. The average molecular weight is 401 g/mol. The van der Waals surface area contributed by atoms with Crippen LogP contribution < -0.4 is 0 Å². The summed E-state index contributed by atoms with van der Waals surface area (Å²) in [4.78, 5) is 11.9. The van der Waals surface area contributed by atoms with Gasteiger partial charge in [-0.2, -0.15) is 0 Å². The molecular formula is C27H44O2. The first kappa shape index (κ1) is 27.2. The third-order valence-corrected chi connectivity index (χ3v) is 4.73. The number of allylic oxidation sites excluding steroid dienone is 9. The van der Waals surface area contributed by atoms with Crippen molar-refractivity contribution in [2.24, 2.45) is 0 Å². The maximum Gasteiger partial charge on any atom is 0.306 e. The zero-order chi connectivity index (χ0) is 22.1. The third-order valence-electron chi connectivity index (χ3n) is 4.73. The van der Waals surface area contributed by atoms with Crippen LogP contribution in [0.4, 0.5) is 0 Å². The highest BCUT2D eigenvalue weighted by Crippen LogP contribution is 2.12. The van der Waals surface area contributed by atoms with E-state index in [4.69, 9.17) is 4.74 Å². The van der Waals surface area contributed by atoms with Crippen molar-refractivity contribution in [2.45, 2.75) is 99.8 Å². The van der Waals surface area contributed by atoms with Gasteiger partial charge in [0.05, 0.1) is 0 Å². The number of carbonyl (C=O) groups excluding carboxylic acids is 1. The molecule has 0 aliphatic carbocycles. The Labute approximate surface area is 180 Å². The summed E-state index contributed by atoms with van der Waals surface area (Å²) in [5, 5.41) is 0. The minimum atomic E-state index is -0.114. The molecule has 0 aliphatic heterocycles. The summed E-state index contributed by atoms with van der Waals surface area (Å²) in [5.41, 5.74) is 6.82. The Bertz CT molecular complexity index is 619. The fourth-order valence-corrected chi connectivity index (χ4v) is 2.81. The molecule has 0 bridgehead atoms. The molecular weight excluding hydrogens is 356 g/mol. The van der Waals surface area contributed by atoms with Crippen LogP contribution in [0, 0.1) is 0 Å². The van der Waals surface area contributed by atoms with Gasteiger partial charge in [0.15, 0.2) is 0 Å². The Morgan fingerprint density at radius 2 is 0.931 bits per heavy atom. The van der Waals surface area contributed by atoms with Crippen molar-refractivity contribution in [1.82, 2.24) is 0 Å². The lowest BCUT2D eigenvalue weighted by Crippen LogP contribution is -2.04. The number of esters is 1. The monoisotopic (exact) mass is 400 g/mol. The lowest BCUT2D eigenvalue weighted by atomic mass is 10.1. The van der Waals surface area contributed by atoms with Crippen LogP contribution in [0.1, 0.15) is 99.8 Å². The average Bonchev–Trinajstić information content (AvgIpc) is 2.61. The zero-order valence-electron chi connectivity index (χ0n) is 20.1. The van der Waals surface area contributed by atoms with Gasteiger partial charge in [0.25, 0.3) is 0 Å². The minimum Gasteiger partial charge on any atom is -0.461 e. The summed E-state index contributed by atoms with van der Waals surface area (Å²) in [6.07, 6.45) is 18.8. The summed E-state index contributed by atoms with van der Waals surface area (Å²) in [7, 11) is 0. The second-order valence-corrected chi connectivity index (χ2v) is 8.55. The van der Waals surface area contributed by atoms with E-state index in [9.17, 15) is 4.79 Å². The number of ether oxygens (including phenoxy) is 1. The van der Waals surface area contributed by atoms with Crippen molar-refractivity contribution in [2.75, 3.05) is 6.61 Å². The molecule has 2 nitrogen and oxygen atoms in total. The first-order valence-corrected chi connectivity index (χ1v) is 11.1. The van der Waals surface area contributed by atoms with Gasteiger partial charge in [-0.3, -0.25) is 4.79 Å². The van der Waals surface area contributed by atoms with Gasteiger partial charge in [0.2, 0.25) is 0 Å². The van der Waals surface area contributed by atoms with Crippen LogP contribution in [0.3, 0.4) is 0 Å². The van der Waals surface area contributed by atoms with Gasteiger partial charge in [-0.05, 0) is 99.5 Å². The SMILES string of the molecule is CC(C)=CCCC(C)=CCCC(C)=CCCC(=O)OC/C=C(/C)CCC=C(C)C. The summed E-state index contributed by atoms with van der Waals surface area (Å²) in [5.74, 6) is -0.114. The molecule has 0 saturated heterocycles. The standard InChI is InChI=1S/C27H44O2/c1-22(2)12-8-14-24(5)16-10-17-25(6)18-11-19-27(28)29-21-20-26(7)15-9-13-23(3)4/h12-13,16,18,20H,8-11,14-15,17,19,21H2,1-7H3/b24-16?,25-18?,26-20-. The molecule has 2 heteroatoms. The van der Waals surface area contributed by atoms with E-state index in [2.05, 4.69) is 72.8 Å². The second-order valence-electron chi connectivity index (χ2n) is 8.55. The largest absolute Gasteiger partial charge is 0.461 e. The fraction of sp³-hybridized carbons (Fsp3) is 0.593. The van der Waals surface area contributed by atoms with Gasteiger partial charge in [0.1, 0.15) is 6.61 Å². The number of hydrogen-bond acceptors (Lipinski definition) is 2. The van der Waals surface area contributed by atoms with Gasteiger partial charge in [-0.15, -0.1) is 0 Å². The van der Waals surface area contributed by atoms with Crippen LogP contribution in [-0.2, 0) is 9.53 Å². The highest BCUT2D eigenvalue weighted by Gasteiger charge is 2.01.